The van der Waals surface area contributed by atoms with Gasteiger partial charge in [-0.25, -0.2) is 4.18 Å². The molecule has 1 aliphatic rings. The number of carbonyl (C=O) groups excluding carboxylic acids is 1. The molecule has 7 unspecified atom stereocenters. The molecule has 1 amide bonds. The van der Waals surface area contributed by atoms with Crippen molar-refractivity contribution in [2.45, 2.75) is 249 Å². The molecule has 338 valence electrons. The molecule has 0 aliphatic carbocycles. The number of carbonyl (C=O) groups is 1. The van der Waals surface area contributed by atoms with E-state index in [2.05, 4.69) is 35.5 Å². The number of aliphatic hydroxyl groups excluding tert-OH is 4. The molecule has 13 heteroatoms. The maximum absolute atomic E-state index is 13.0. The standard InChI is InChI=1S/C44H85NO11S/c1-3-5-7-9-11-13-15-17-18-19-20-21-22-23-25-27-29-31-33-38(47)37(45-40(48)34-32-30-28-26-24-16-14-12-10-8-6-4-2)36-54-44-42(50)43(56-57(51,52)53)41(49)39(35-46)55-44/h12,14,37-39,41-44,46-47,49-50H,3-11,13,15-36H2,1-2H3,(H,45,48)(H,51,52,53)/b14-12-. The van der Waals surface area contributed by atoms with Crippen LogP contribution in [0, 0.1) is 0 Å². The fourth-order valence-corrected chi connectivity index (χ4v) is 7.96. The van der Waals surface area contributed by atoms with Gasteiger partial charge in [0.05, 0.1) is 25.4 Å². The highest BCUT2D eigenvalue weighted by molar-refractivity contribution is 7.80. The van der Waals surface area contributed by atoms with E-state index in [0.717, 1.165) is 64.2 Å². The molecule has 0 aromatic rings. The van der Waals surface area contributed by atoms with Gasteiger partial charge in [0, 0.05) is 6.42 Å². The van der Waals surface area contributed by atoms with E-state index in [1.165, 1.54) is 109 Å². The van der Waals surface area contributed by atoms with Crippen molar-refractivity contribution < 1.29 is 51.8 Å². The van der Waals surface area contributed by atoms with Crippen LogP contribution in [0.1, 0.15) is 206 Å². The lowest BCUT2D eigenvalue weighted by molar-refractivity contribution is -0.298. The smallest absolute Gasteiger partial charge is 0.394 e. The van der Waals surface area contributed by atoms with Gasteiger partial charge < -0.3 is 35.2 Å². The second-order valence-electron chi connectivity index (χ2n) is 16.3. The van der Waals surface area contributed by atoms with Crippen LogP contribution in [0.4, 0.5) is 0 Å². The first-order valence-electron chi connectivity index (χ1n) is 23.1. The van der Waals surface area contributed by atoms with E-state index in [-0.39, 0.29) is 18.9 Å². The number of unbranched alkanes of at least 4 members (excludes halogenated alkanes) is 25. The molecule has 12 nitrogen and oxygen atoms in total. The quantitative estimate of drug-likeness (QED) is 0.0197. The molecular formula is C44H85NO11S. The van der Waals surface area contributed by atoms with E-state index in [4.69, 9.17) is 9.47 Å². The first-order chi connectivity index (χ1) is 27.5. The molecule has 0 aromatic carbocycles. The van der Waals surface area contributed by atoms with Crippen LogP contribution in [0.5, 0.6) is 0 Å². The summed E-state index contributed by atoms with van der Waals surface area (Å²) in [6.45, 7) is 3.42. The number of allylic oxidation sites excluding steroid dienone is 2. The summed E-state index contributed by atoms with van der Waals surface area (Å²) < 4.78 is 47.6. The van der Waals surface area contributed by atoms with E-state index >= 15 is 0 Å². The highest BCUT2D eigenvalue weighted by Crippen LogP contribution is 2.26. The molecule has 0 radical (unpaired) electrons. The van der Waals surface area contributed by atoms with Crippen molar-refractivity contribution in [3.63, 3.8) is 0 Å². The van der Waals surface area contributed by atoms with E-state index in [9.17, 15) is 38.2 Å². The number of nitrogens with one attached hydrogen (secondary N) is 1. The Balaban J connectivity index is 2.49. The van der Waals surface area contributed by atoms with Crippen LogP contribution in [-0.4, -0.2) is 95.4 Å². The third-order valence-electron chi connectivity index (χ3n) is 11.1. The van der Waals surface area contributed by atoms with Crippen LogP contribution in [0.3, 0.4) is 0 Å². The third-order valence-corrected chi connectivity index (χ3v) is 11.5. The van der Waals surface area contributed by atoms with Crippen LogP contribution in [-0.2, 0) is 28.9 Å². The lowest BCUT2D eigenvalue weighted by atomic mass is 9.99. The zero-order valence-corrected chi connectivity index (χ0v) is 36.7. The van der Waals surface area contributed by atoms with E-state index in [0.29, 0.717) is 12.8 Å². The Kier molecular flexibility index (Phi) is 33.6. The lowest BCUT2D eigenvalue weighted by Crippen LogP contribution is -2.61. The van der Waals surface area contributed by atoms with E-state index < -0.39 is 59.9 Å². The van der Waals surface area contributed by atoms with Crippen molar-refractivity contribution in [2.24, 2.45) is 0 Å². The summed E-state index contributed by atoms with van der Waals surface area (Å²) in [5.41, 5.74) is 0. The van der Waals surface area contributed by atoms with Crippen LogP contribution >= 0.6 is 0 Å². The number of amides is 1. The minimum atomic E-state index is -5.07. The predicted octanol–water partition coefficient (Wildman–Crippen LogP) is 8.77. The summed E-state index contributed by atoms with van der Waals surface area (Å²) in [6, 6.07) is -0.858. The highest BCUT2D eigenvalue weighted by atomic mass is 32.3. The zero-order valence-electron chi connectivity index (χ0n) is 35.9. The number of hydrogen-bond donors (Lipinski definition) is 6. The Morgan fingerprint density at radius 2 is 1.12 bits per heavy atom. The number of aliphatic hydroxyl groups is 4. The molecule has 57 heavy (non-hydrogen) atoms. The van der Waals surface area contributed by atoms with Gasteiger partial charge in [-0.15, -0.1) is 0 Å². The van der Waals surface area contributed by atoms with Crippen molar-refractivity contribution in [3.05, 3.63) is 12.2 Å². The van der Waals surface area contributed by atoms with Gasteiger partial charge in [-0.05, 0) is 38.5 Å². The predicted molar refractivity (Wildman–Crippen MR) is 227 cm³/mol. The van der Waals surface area contributed by atoms with Crippen molar-refractivity contribution in [1.29, 1.82) is 0 Å². The second-order valence-corrected chi connectivity index (χ2v) is 17.4. The van der Waals surface area contributed by atoms with Crippen LogP contribution < -0.4 is 5.32 Å². The fraction of sp³-hybridized carbons (Fsp3) is 0.932. The number of rotatable bonds is 39. The molecule has 1 heterocycles. The molecular weight excluding hydrogens is 751 g/mol. The average molecular weight is 836 g/mol. The van der Waals surface area contributed by atoms with Gasteiger partial charge >= 0.3 is 10.4 Å². The molecule has 0 bridgehead atoms. The highest BCUT2D eigenvalue weighted by Gasteiger charge is 2.48. The fourth-order valence-electron chi connectivity index (χ4n) is 7.45. The SMILES string of the molecule is CCCCC/C=C\CCCCCCCC(=O)NC(COC1OC(CO)C(O)C(OS(=O)(=O)O)C1O)C(O)CCCCCCCCCCCCCCCCCCCC. The van der Waals surface area contributed by atoms with Crippen molar-refractivity contribution in [1.82, 2.24) is 5.32 Å². The largest absolute Gasteiger partial charge is 0.397 e. The topological polar surface area (TPSA) is 192 Å². The summed E-state index contributed by atoms with van der Waals surface area (Å²) in [7, 11) is -5.07. The summed E-state index contributed by atoms with van der Waals surface area (Å²) in [6.07, 6.45) is 29.3. The van der Waals surface area contributed by atoms with Gasteiger partial charge in [0.15, 0.2) is 6.29 Å². The minimum absolute atomic E-state index is 0.239. The molecule has 7 atom stereocenters. The van der Waals surface area contributed by atoms with Gasteiger partial charge in [-0.3, -0.25) is 9.35 Å². The van der Waals surface area contributed by atoms with Gasteiger partial charge in [0.25, 0.3) is 0 Å². The Hall–Kier alpha value is -1.16. The van der Waals surface area contributed by atoms with Gasteiger partial charge in [0.2, 0.25) is 5.91 Å². The Labute approximate surface area is 347 Å². The summed E-state index contributed by atoms with van der Waals surface area (Å²) in [5, 5.41) is 44.8. The Morgan fingerprint density at radius 1 is 0.684 bits per heavy atom. The summed E-state index contributed by atoms with van der Waals surface area (Å²) >= 11 is 0. The van der Waals surface area contributed by atoms with Crippen molar-refractivity contribution in [3.8, 4) is 0 Å². The molecule has 0 spiro atoms. The van der Waals surface area contributed by atoms with Crippen LogP contribution in [0.2, 0.25) is 0 Å². The molecule has 1 rings (SSSR count). The van der Waals surface area contributed by atoms with E-state index in [1.807, 2.05) is 0 Å². The Bertz CT molecular complexity index is 1080. The molecule has 1 fully saturated rings. The molecule has 0 aromatic heterocycles. The maximum atomic E-state index is 13.0. The lowest BCUT2D eigenvalue weighted by Gasteiger charge is -2.41. The summed E-state index contributed by atoms with van der Waals surface area (Å²) in [4.78, 5) is 13.0. The van der Waals surface area contributed by atoms with E-state index in [1.54, 1.807) is 0 Å². The maximum Gasteiger partial charge on any atom is 0.397 e. The normalized spacial score (nSPS) is 21.3. The van der Waals surface area contributed by atoms with Crippen LogP contribution in [0.25, 0.3) is 0 Å². The molecule has 1 saturated heterocycles. The van der Waals surface area contributed by atoms with Crippen molar-refractivity contribution >= 4 is 16.3 Å². The number of hydrogen-bond acceptors (Lipinski definition) is 10. The summed E-state index contributed by atoms with van der Waals surface area (Å²) in [5.74, 6) is -0.239. The average Bonchev–Trinajstić information content (AvgIpc) is 3.18. The monoisotopic (exact) mass is 836 g/mol. The first kappa shape index (κ1) is 53.9. The molecule has 1 aliphatic heterocycles. The third kappa shape index (κ3) is 28.9. The zero-order chi connectivity index (χ0) is 42.0. The van der Waals surface area contributed by atoms with Gasteiger partial charge in [0.1, 0.15) is 24.4 Å². The Morgan fingerprint density at radius 3 is 1.61 bits per heavy atom. The molecule has 0 saturated carbocycles. The first-order valence-corrected chi connectivity index (χ1v) is 24.4. The minimum Gasteiger partial charge on any atom is -0.394 e. The molecule has 6 N–H and O–H groups in total. The van der Waals surface area contributed by atoms with Gasteiger partial charge in [-0.1, -0.05) is 174 Å². The number of ether oxygens (including phenoxy) is 2. The second kappa shape index (κ2) is 35.6. The van der Waals surface area contributed by atoms with Crippen molar-refractivity contribution in [2.75, 3.05) is 13.2 Å². The van der Waals surface area contributed by atoms with Crippen LogP contribution in [0.15, 0.2) is 12.2 Å². The van der Waals surface area contributed by atoms with Gasteiger partial charge in [-0.2, -0.15) is 8.42 Å².